The molecule has 0 atom stereocenters. The summed E-state index contributed by atoms with van der Waals surface area (Å²) in [6.07, 6.45) is 4.29. The lowest BCUT2D eigenvalue weighted by Crippen LogP contribution is -2.22. The normalized spacial score (nSPS) is 10.8. The van der Waals surface area contributed by atoms with Crippen LogP contribution < -0.4 is 10.2 Å². The zero-order valence-corrected chi connectivity index (χ0v) is 11.8. The molecule has 2 aromatic heterocycles. The van der Waals surface area contributed by atoms with Crippen LogP contribution in [-0.2, 0) is 13.0 Å². The molecule has 0 unspecified atom stereocenters. The van der Waals surface area contributed by atoms with Crippen molar-refractivity contribution in [2.75, 3.05) is 20.7 Å². The lowest BCUT2D eigenvalue weighted by atomic mass is 10.2. The predicted octanol–water partition coefficient (Wildman–Crippen LogP) is 1.45. The third-order valence-electron chi connectivity index (χ3n) is 3.07. The highest BCUT2D eigenvalue weighted by Crippen LogP contribution is 2.04. The van der Waals surface area contributed by atoms with Gasteiger partial charge in [0.25, 0.3) is 0 Å². The van der Waals surface area contributed by atoms with Gasteiger partial charge in [-0.3, -0.25) is 9.78 Å². The van der Waals surface area contributed by atoms with Crippen molar-refractivity contribution in [1.29, 1.82) is 0 Å². The van der Waals surface area contributed by atoms with Crippen LogP contribution in [0.3, 0.4) is 0 Å². The first-order valence-corrected chi connectivity index (χ1v) is 6.53. The van der Waals surface area contributed by atoms with Crippen LogP contribution in [-0.4, -0.2) is 35.6 Å². The molecule has 0 spiro atoms. The van der Waals surface area contributed by atoms with Gasteiger partial charge in [-0.25, -0.2) is 0 Å². The number of likely N-dealkylation sites (N-methyl/N-ethyl adjacent to an activating group) is 1. The molecule has 0 saturated carbocycles. The first-order valence-electron chi connectivity index (χ1n) is 6.53. The van der Waals surface area contributed by atoms with Crippen LogP contribution in [0.2, 0.25) is 0 Å². The maximum absolute atomic E-state index is 11.7. The van der Waals surface area contributed by atoms with Crippen LogP contribution in [0.1, 0.15) is 11.4 Å². The maximum Gasteiger partial charge on any atom is 0.223 e. The molecule has 20 heavy (non-hydrogen) atoms. The Kier molecular flexibility index (Phi) is 4.90. The molecule has 0 bridgehead atoms. The Hall–Kier alpha value is -2.14. The number of aromatic amines is 1. The van der Waals surface area contributed by atoms with Gasteiger partial charge in [0.2, 0.25) is 5.43 Å². The van der Waals surface area contributed by atoms with Gasteiger partial charge in [-0.1, -0.05) is 6.07 Å². The number of nitrogens with zero attached hydrogens (tertiary/aromatic N) is 2. The number of pyridine rings is 2. The average Bonchev–Trinajstić information content (AvgIpc) is 2.46. The highest BCUT2D eigenvalue weighted by Gasteiger charge is 2.05. The number of nitrogens with one attached hydrogen (secondary N) is 1. The Balaban J connectivity index is 1.90. The van der Waals surface area contributed by atoms with Gasteiger partial charge in [0.05, 0.1) is 7.11 Å². The second kappa shape index (κ2) is 6.86. The van der Waals surface area contributed by atoms with E-state index < -0.39 is 0 Å². The number of hydrogen-bond donors (Lipinski definition) is 1. The van der Waals surface area contributed by atoms with Crippen molar-refractivity contribution in [3.63, 3.8) is 0 Å². The topological polar surface area (TPSA) is 58.2 Å². The molecule has 2 heterocycles. The molecule has 0 aliphatic rings. The van der Waals surface area contributed by atoms with E-state index in [1.54, 1.807) is 18.5 Å². The average molecular weight is 273 g/mol. The number of aromatic nitrogens is 2. The van der Waals surface area contributed by atoms with Gasteiger partial charge >= 0.3 is 0 Å². The summed E-state index contributed by atoms with van der Waals surface area (Å²) in [7, 11) is 3.51. The lowest BCUT2D eigenvalue weighted by molar-refractivity contribution is 0.325. The number of ether oxygens (including phenoxy) is 1. The van der Waals surface area contributed by atoms with Gasteiger partial charge in [0, 0.05) is 49.4 Å². The lowest BCUT2D eigenvalue weighted by Gasteiger charge is -2.16. The van der Waals surface area contributed by atoms with E-state index in [-0.39, 0.29) is 5.43 Å². The summed E-state index contributed by atoms with van der Waals surface area (Å²) in [5, 5.41) is 0. The van der Waals surface area contributed by atoms with E-state index in [1.165, 1.54) is 7.11 Å². The summed E-state index contributed by atoms with van der Waals surface area (Å²) in [6.45, 7) is 1.57. The predicted molar refractivity (Wildman–Crippen MR) is 77.9 cm³/mol. The molecule has 0 amide bonds. The summed E-state index contributed by atoms with van der Waals surface area (Å²) in [4.78, 5) is 21.2. The monoisotopic (exact) mass is 273 g/mol. The molecule has 0 aliphatic heterocycles. The highest BCUT2D eigenvalue weighted by molar-refractivity contribution is 5.20. The van der Waals surface area contributed by atoms with E-state index in [0.717, 1.165) is 24.4 Å². The van der Waals surface area contributed by atoms with Crippen LogP contribution >= 0.6 is 0 Å². The van der Waals surface area contributed by atoms with Crippen molar-refractivity contribution in [3.8, 4) is 5.75 Å². The maximum atomic E-state index is 11.7. The minimum Gasteiger partial charge on any atom is -0.491 e. The van der Waals surface area contributed by atoms with Crippen molar-refractivity contribution < 1.29 is 4.74 Å². The molecule has 0 aliphatic carbocycles. The molecule has 2 rings (SSSR count). The molecule has 0 saturated heterocycles. The number of H-pyrrole nitrogens is 1. The third kappa shape index (κ3) is 3.93. The van der Waals surface area contributed by atoms with E-state index >= 15 is 0 Å². The van der Waals surface area contributed by atoms with Crippen LogP contribution in [0.15, 0.2) is 41.5 Å². The van der Waals surface area contributed by atoms with Crippen molar-refractivity contribution >= 4 is 0 Å². The van der Waals surface area contributed by atoms with Crippen LogP contribution in [0.5, 0.6) is 5.75 Å². The number of hydrogen-bond acceptors (Lipinski definition) is 4. The van der Waals surface area contributed by atoms with Gasteiger partial charge < -0.3 is 14.6 Å². The van der Waals surface area contributed by atoms with Crippen LogP contribution in [0, 0.1) is 0 Å². The Bertz CT molecular complexity index is 596. The van der Waals surface area contributed by atoms with Gasteiger partial charge in [-0.15, -0.1) is 0 Å². The molecular formula is C15H19N3O2. The first-order chi connectivity index (χ1) is 9.69. The largest absolute Gasteiger partial charge is 0.491 e. The van der Waals surface area contributed by atoms with E-state index in [2.05, 4.69) is 14.9 Å². The summed E-state index contributed by atoms with van der Waals surface area (Å²) < 4.78 is 4.94. The Morgan fingerprint density at radius 3 is 2.90 bits per heavy atom. The minimum atomic E-state index is -0.0978. The third-order valence-corrected chi connectivity index (χ3v) is 3.07. The highest BCUT2D eigenvalue weighted by atomic mass is 16.5. The second-order valence-electron chi connectivity index (χ2n) is 4.70. The molecular weight excluding hydrogens is 254 g/mol. The minimum absolute atomic E-state index is 0.0978. The molecule has 5 heteroatoms. The molecule has 0 fully saturated rings. The number of rotatable bonds is 6. The van der Waals surface area contributed by atoms with E-state index in [4.69, 9.17) is 4.74 Å². The first kappa shape index (κ1) is 14.3. The van der Waals surface area contributed by atoms with Crippen molar-refractivity contribution in [1.82, 2.24) is 14.9 Å². The summed E-state index contributed by atoms with van der Waals surface area (Å²) in [5.41, 5.74) is 1.85. The smallest absolute Gasteiger partial charge is 0.223 e. The van der Waals surface area contributed by atoms with Gasteiger partial charge in [0.1, 0.15) is 0 Å². The van der Waals surface area contributed by atoms with Gasteiger partial charge in [-0.2, -0.15) is 0 Å². The van der Waals surface area contributed by atoms with Crippen molar-refractivity contribution in [2.45, 2.75) is 13.0 Å². The van der Waals surface area contributed by atoms with E-state index in [1.807, 2.05) is 25.2 Å². The zero-order chi connectivity index (χ0) is 14.4. The fourth-order valence-electron chi connectivity index (χ4n) is 1.97. The second-order valence-corrected chi connectivity index (χ2v) is 4.70. The van der Waals surface area contributed by atoms with Crippen LogP contribution in [0.25, 0.3) is 0 Å². The standard InChI is InChI=1S/C15H19N3O2/c1-18(8-6-12-5-3-4-7-16-12)11-13-9-14(19)15(20-2)10-17-13/h3-5,7,9-10H,6,8,11H2,1-2H3,(H,17,19). The SMILES string of the molecule is COc1c[nH]c(CN(C)CCc2ccccn2)cc1=O. The molecule has 5 nitrogen and oxygen atoms in total. The molecule has 1 N–H and O–H groups in total. The van der Waals surface area contributed by atoms with Gasteiger partial charge in [0.15, 0.2) is 5.75 Å². The Morgan fingerprint density at radius 1 is 1.40 bits per heavy atom. The van der Waals surface area contributed by atoms with Crippen LogP contribution in [0.4, 0.5) is 0 Å². The van der Waals surface area contributed by atoms with Gasteiger partial charge in [-0.05, 0) is 19.2 Å². The molecule has 0 radical (unpaired) electrons. The molecule has 2 aromatic rings. The summed E-state index contributed by atoms with van der Waals surface area (Å²) in [6, 6.07) is 7.50. The Morgan fingerprint density at radius 2 is 2.25 bits per heavy atom. The van der Waals surface area contributed by atoms with Crippen molar-refractivity contribution in [3.05, 3.63) is 58.3 Å². The van der Waals surface area contributed by atoms with E-state index in [9.17, 15) is 4.79 Å². The zero-order valence-electron chi connectivity index (χ0n) is 11.8. The molecule has 106 valence electrons. The summed E-state index contributed by atoms with van der Waals surface area (Å²) in [5.74, 6) is 0.338. The number of methoxy groups -OCH3 is 1. The van der Waals surface area contributed by atoms with Crippen molar-refractivity contribution in [2.24, 2.45) is 0 Å². The fourth-order valence-corrected chi connectivity index (χ4v) is 1.97. The quantitative estimate of drug-likeness (QED) is 0.865. The summed E-state index contributed by atoms with van der Waals surface area (Å²) >= 11 is 0. The Labute approximate surface area is 118 Å². The molecule has 0 aromatic carbocycles. The van der Waals surface area contributed by atoms with E-state index in [0.29, 0.717) is 12.3 Å². The fraction of sp³-hybridized carbons (Fsp3) is 0.333.